The Morgan fingerprint density at radius 2 is 1.12 bits per heavy atom. The number of ether oxygens (including phenoxy) is 2. The number of carbonyl (C=O) groups excluding carboxylic acids is 2. The molecule has 12 nitrogen and oxygen atoms in total. The Labute approximate surface area is 148 Å². The molecule has 0 fully saturated rings. The van der Waals surface area contributed by atoms with Crippen molar-refractivity contribution < 1.29 is 49.1 Å². The van der Waals surface area contributed by atoms with E-state index in [9.17, 15) is 19.2 Å². The number of halogens is 2. The van der Waals surface area contributed by atoms with E-state index in [0.29, 0.717) is 0 Å². The van der Waals surface area contributed by atoms with Crippen LogP contribution in [0.2, 0.25) is 0 Å². The van der Waals surface area contributed by atoms with Crippen LogP contribution in [0.4, 0.5) is 0 Å². The number of carbonyl (C=O) groups is 4. The van der Waals surface area contributed by atoms with Gasteiger partial charge in [0.2, 0.25) is 0 Å². The number of carboxylic acids is 2. The van der Waals surface area contributed by atoms with Gasteiger partial charge in [-0.3, -0.25) is 9.59 Å². The van der Waals surface area contributed by atoms with Crippen LogP contribution < -0.4 is 11.5 Å². The molecule has 144 valence electrons. The van der Waals surface area contributed by atoms with Gasteiger partial charge in [-0.15, -0.1) is 24.8 Å². The number of rotatable bonds is 6. The van der Waals surface area contributed by atoms with Crippen LogP contribution in [-0.2, 0) is 28.7 Å². The Kier molecular flexibility index (Phi) is 18.7. The monoisotopic (exact) mass is 398 g/mol. The molecule has 8 N–H and O–H groups in total. The lowest BCUT2D eigenvalue weighted by Crippen LogP contribution is -2.47. The highest BCUT2D eigenvalue weighted by molar-refractivity contribution is 5.86. The lowest BCUT2D eigenvalue weighted by molar-refractivity contribution is -0.158. The van der Waals surface area contributed by atoms with Crippen LogP contribution in [0.15, 0.2) is 0 Å². The highest BCUT2D eigenvalue weighted by Gasteiger charge is 2.30. The zero-order valence-corrected chi connectivity index (χ0v) is 14.2. The van der Waals surface area contributed by atoms with Gasteiger partial charge < -0.3 is 41.4 Å². The minimum Gasteiger partial charge on any atom is -0.480 e. The number of methoxy groups -OCH3 is 2. The molecule has 0 radical (unpaired) electrons. The molecule has 0 aliphatic heterocycles. The molecule has 24 heavy (non-hydrogen) atoms. The molecule has 0 spiro atoms. The molecule has 0 aromatic carbocycles. The summed E-state index contributed by atoms with van der Waals surface area (Å²) in [7, 11) is 2.18. The molecule has 4 atom stereocenters. The fourth-order valence-corrected chi connectivity index (χ4v) is 0.821. The molecule has 14 heteroatoms. The van der Waals surface area contributed by atoms with Crippen LogP contribution in [0.25, 0.3) is 0 Å². The molecule has 0 aromatic rings. The fraction of sp³-hybridized carbons (Fsp3) is 0.600. The van der Waals surface area contributed by atoms with Crippen LogP contribution in [0, 0.1) is 0 Å². The van der Waals surface area contributed by atoms with Crippen molar-refractivity contribution in [3.63, 3.8) is 0 Å². The van der Waals surface area contributed by atoms with E-state index in [1.54, 1.807) is 0 Å². The van der Waals surface area contributed by atoms with E-state index in [4.69, 9.17) is 31.9 Å². The summed E-state index contributed by atoms with van der Waals surface area (Å²) in [5, 5.41) is 33.5. The van der Waals surface area contributed by atoms with Crippen molar-refractivity contribution in [1.29, 1.82) is 0 Å². The average molecular weight is 399 g/mol. The Morgan fingerprint density at radius 1 is 0.750 bits per heavy atom. The summed E-state index contributed by atoms with van der Waals surface area (Å²) in [6.45, 7) is 0. The second-order valence-corrected chi connectivity index (χ2v) is 3.66. The van der Waals surface area contributed by atoms with E-state index in [2.05, 4.69) is 9.47 Å². The van der Waals surface area contributed by atoms with Crippen molar-refractivity contribution in [2.45, 2.75) is 24.3 Å². The van der Waals surface area contributed by atoms with E-state index in [0.717, 1.165) is 14.2 Å². The first kappa shape index (κ1) is 30.2. The lowest BCUT2D eigenvalue weighted by Gasteiger charge is -2.13. The zero-order valence-electron chi connectivity index (χ0n) is 12.5. The first-order valence-corrected chi connectivity index (χ1v) is 5.49. The topological polar surface area (TPSA) is 220 Å². The van der Waals surface area contributed by atoms with Crippen molar-refractivity contribution in [3.05, 3.63) is 0 Å². The summed E-state index contributed by atoms with van der Waals surface area (Å²) < 4.78 is 8.35. The summed E-state index contributed by atoms with van der Waals surface area (Å²) in [5.41, 5.74) is 9.85. The molecule has 0 bridgehead atoms. The molecule has 0 rings (SSSR count). The van der Waals surface area contributed by atoms with Gasteiger partial charge in [-0.1, -0.05) is 0 Å². The lowest BCUT2D eigenvalue weighted by atomic mass is 10.2. The van der Waals surface area contributed by atoms with E-state index in [1.807, 2.05) is 0 Å². The van der Waals surface area contributed by atoms with Gasteiger partial charge in [0.15, 0.2) is 12.2 Å². The molecule has 0 heterocycles. The van der Waals surface area contributed by atoms with Crippen LogP contribution in [-0.4, -0.2) is 82.8 Å². The summed E-state index contributed by atoms with van der Waals surface area (Å²) in [4.78, 5) is 41.0. The molecule has 0 aromatic heterocycles. The minimum atomic E-state index is -2.04. The third-order valence-electron chi connectivity index (χ3n) is 2.13. The second-order valence-electron chi connectivity index (χ2n) is 3.66. The maximum absolute atomic E-state index is 10.7. The number of hydrogen-bond acceptors (Lipinski definition) is 10. The summed E-state index contributed by atoms with van der Waals surface area (Å²) >= 11 is 0. The molecular weight excluding hydrogens is 379 g/mol. The van der Waals surface area contributed by atoms with E-state index in [1.165, 1.54) is 0 Å². The van der Waals surface area contributed by atoms with Crippen LogP contribution in [0.1, 0.15) is 0 Å². The Hall–Kier alpha value is -1.70. The first-order chi connectivity index (χ1) is 10.0. The highest BCUT2D eigenvalue weighted by atomic mass is 35.5. The van der Waals surface area contributed by atoms with Crippen molar-refractivity contribution in [2.24, 2.45) is 11.5 Å². The van der Waals surface area contributed by atoms with Gasteiger partial charge >= 0.3 is 23.9 Å². The van der Waals surface area contributed by atoms with Crippen molar-refractivity contribution in [1.82, 2.24) is 0 Å². The first-order valence-electron chi connectivity index (χ1n) is 5.49. The number of aliphatic hydroxyl groups is 2. The van der Waals surface area contributed by atoms with Gasteiger partial charge in [-0.25, -0.2) is 9.59 Å². The third kappa shape index (κ3) is 10.9. The Balaban J connectivity index is -0.000000156. The smallest absolute Gasteiger partial charge is 0.336 e. The largest absolute Gasteiger partial charge is 0.480 e. The van der Waals surface area contributed by atoms with Gasteiger partial charge in [-0.05, 0) is 0 Å². The Morgan fingerprint density at radius 3 is 1.33 bits per heavy atom. The summed E-state index contributed by atoms with van der Waals surface area (Å²) in [6.07, 6.45) is -3.72. The zero-order chi connectivity index (χ0) is 18.0. The molecule has 0 aliphatic carbocycles. The summed E-state index contributed by atoms with van der Waals surface area (Å²) in [5.74, 6) is -5.02. The highest BCUT2D eigenvalue weighted by Crippen LogP contribution is 1.95. The number of aliphatic carboxylic acids is 2. The molecule has 0 saturated heterocycles. The van der Waals surface area contributed by atoms with Crippen LogP contribution in [0.3, 0.4) is 0 Å². The summed E-state index contributed by atoms with van der Waals surface area (Å²) in [6, 6.07) is -3.17. The van der Waals surface area contributed by atoms with Crippen molar-refractivity contribution in [2.75, 3.05) is 14.2 Å². The maximum Gasteiger partial charge on any atom is 0.336 e. The number of hydrogen-bond donors (Lipinski definition) is 6. The van der Waals surface area contributed by atoms with E-state index < -0.39 is 48.2 Å². The fourth-order valence-electron chi connectivity index (χ4n) is 0.821. The second kappa shape index (κ2) is 14.9. The van der Waals surface area contributed by atoms with Crippen molar-refractivity contribution in [3.8, 4) is 0 Å². The molecule has 0 amide bonds. The number of esters is 2. The molecular formula is C10H20Cl2N2O10. The van der Waals surface area contributed by atoms with E-state index in [-0.39, 0.29) is 24.8 Å². The molecule has 0 unspecified atom stereocenters. The standard InChI is InChI=1S/C6H11NO5.C4H7NO5.2ClH/c1-11-5(9)3(7)4(8)6(10)12-2;5-1(3(7)8)2(6)4(9)10;;/h3-4,8H,7H2,1-2H3;1-2,6H,5H2,(H,7,8)(H,9,10);2*1H/t3-,4-;1-,2-;;/m00../s1. The van der Waals surface area contributed by atoms with E-state index >= 15 is 0 Å². The quantitative estimate of drug-likeness (QED) is 0.242. The number of nitrogens with two attached hydrogens (primary N) is 2. The van der Waals surface area contributed by atoms with Gasteiger partial charge in [-0.2, -0.15) is 0 Å². The number of carboxylic acid groups (broad SMARTS) is 2. The molecule has 0 saturated carbocycles. The van der Waals surface area contributed by atoms with Gasteiger partial charge in [0, 0.05) is 0 Å². The predicted octanol–water partition coefficient (Wildman–Crippen LogP) is -3.29. The predicted molar refractivity (Wildman–Crippen MR) is 81.8 cm³/mol. The third-order valence-corrected chi connectivity index (χ3v) is 2.13. The normalized spacial score (nSPS) is 13.9. The van der Waals surface area contributed by atoms with Gasteiger partial charge in [0.25, 0.3) is 0 Å². The van der Waals surface area contributed by atoms with Crippen molar-refractivity contribution >= 4 is 48.7 Å². The van der Waals surface area contributed by atoms with Gasteiger partial charge in [0.05, 0.1) is 14.2 Å². The average Bonchev–Trinajstić information content (AvgIpc) is 2.50. The Bertz CT molecular complexity index is 384. The van der Waals surface area contributed by atoms with Gasteiger partial charge in [0.1, 0.15) is 12.1 Å². The maximum atomic E-state index is 10.7. The molecule has 0 aliphatic rings. The minimum absolute atomic E-state index is 0. The van der Waals surface area contributed by atoms with Crippen LogP contribution >= 0.6 is 24.8 Å². The van der Waals surface area contributed by atoms with Crippen LogP contribution in [0.5, 0.6) is 0 Å². The number of aliphatic hydroxyl groups excluding tert-OH is 2. The SMILES string of the molecule is COC(=O)[C@@H](N)[C@H](O)C(=O)OC.Cl.Cl.N[C@H](C(=O)O)[C@H](O)C(=O)O.